The van der Waals surface area contributed by atoms with Crippen LogP contribution < -0.4 is 5.32 Å². The van der Waals surface area contributed by atoms with Gasteiger partial charge in [0.25, 0.3) is 0 Å². The van der Waals surface area contributed by atoms with Crippen LogP contribution in [0, 0.1) is 0 Å². The number of aliphatic hydroxyl groups is 3. The first-order valence-corrected chi connectivity index (χ1v) is 13.3. The number of hydrogen-bond donors (Lipinski definition) is 4. The molecule has 0 aromatic heterocycles. The van der Waals surface area contributed by atoms with Crippen LogP contribution >= 0.6 is 0 Å². The van der Waals surface area contributed by atoms with Crippen LogP contribution in [0.5, 0.6) is 0 Å². The van der Waals surface area contributed by atoms with Gasteiger partial charge in [-0.2, -0.15) is 0 Å². The van der Waals surface area contributed by atoms with Crippen LogP contribution in [0.2, 0.25) is 0 Å². The van der Waals surface area contributed by atoms with Gasteiger partial charge in [-0.25, -0.2) is 0 Å². The van der Waals surface area contributed by atoms with Crippen molar-refractivity contribution in [1.29, 1.82) is 0 Å². The molecule has 1 rings (SSSR count). The molecule has 0 aromatic carbocycles. The lowest BCUT2D eigenvalue weighted by atomic mass is 9.97. The second-order valence-electron chi connectivity index (χ2n) is 9.51. The van der Waals surface area contributed by atoms with E-state index in [-0.39, 0.29) is 13.0 Å². The maximum Gasteiger partial charge on any atom is 0.305 e. The van der Waals surface area contributed by atoms with Gasteiger partial charge < -0.3 is 30.1 Å². The topological polar surface area (TPSA) is 125 Å². The minimum Gasteiger partial charge on any atom is -0.463 e. The SMILES string of the molecule is [2H]CCCCCCCCCCCCCCCCCC(=O)OC[C@H]1OC(O)[C@H](NC(C)=O)[C@@H](O)[C@@H]1O. The van der Waals surface area contributed by atoms with Crippen molar-refractivity contribution in [2.24, 2.45) is 0 Å². The van der Waals surface area contributed by atoms with Crippen LogP contribution in [0.1, 0.15) is 118 Å². The molecule has 1 saturated heterocycles. The van der Waals surface area contributed by atoms with E-state index in [2.05, 4.69) is 5.32 Å². The normalized spacial score (nSPS) is 25.1. The van der Waals surface area contributed by atoms with E-state index in [0.717, 1.165) is 25.7 Å². The highest BCUT2D eigenvalue weighted by Gasteiger charge is 2.44. The van der Waals surface area contributed by atoms with Crippen molar-refractivity contribution >= 4 is 11.9 Å². The number of esters is 1. The largest absolute Gasteiger partial charge is 0.463 e. The standard InChI is InChI=1S/C26H49NO7/c1-3-4-5-6-7-8-9-10-11-12-13-14-15-16-17-18-22(29)33-19-21-24(30)25(31)23(26(32)34-21)27-20(2)28/h21,23-26,30-32H,3-19H2,1-2H3,(H,27,28)/t21-,23-,24-,25-,26?/m1/s1/i1D. The Balaban J connectivity index is 1.96. The third-order valence-corrected chi connectivity index (χ3v) is 6.38. The molecule has 8 nitrogen and oxygen atoms in total. The van der Waals surface area contributed by atoms with E-state index in [1.165, 1.54) is 77.6 Å². The first-order chi connectivity index (χ1) is 16.9. The van der Waals surface area contributed by atoms with Crippen molar-refractivity contribution in [2.75, 3.05) is 6.61 Å². The van der Waals surface area contributed by atoms with Crippen LogP contribution in [-0.2, 0) is 19.1 Å². The predicted octanol–water partition coefficient (Wildman–Crippen LogP) is 3.73. The third kappa shape index (κ3) is 13.6. The summed E-state index contributed by atoms with van der Waals surface area (Å²) in [5, 5.41) is 32.5. The molecule has 0 aliphatic carbocycles. The maximum atomic E-state index is 12.0. The summed E-state index contributed by atoms with van der Waals surface area (Å²) in [5.74, 6) is -0.867. The van der Waals surface area contributed by atoms with Crippen molar-refractivity contribution in [3.8, 4) is 0 Å². The zero-order valence-electron chi connectivity index (χ0n) is 22.1. The lowest BCUT2D eigenvalue weighted by molar-refractivity contribution is -0.255. The summed E-state index contributed by atoms with van der Waals surface area (Å²) >= 11 is 0. The van der Waals surface area contributed by atoms with E-state index in [0.29, 0.717) is 6.90 Å². The minimum atomic E-state index is -1.50. The van der Waals surface area contributed by atoms with Gasteiger partial charge in [0.1, 0.15) is 31.0 Å². The van der Waals surface area contributed by atoms with Crippen molar-refractivity contribution in [3.05, 3.63) is 0 Å². The maximum absolute atomic E-state index is 12.0. The average Bonchev–Trinajstić information content (AvgIpc) is 2.82. The van der Waals surface area contributed by atoms with E-state index in [9.17, 15) is 24.9 Å². The number of hydrogen-bond acceptors (Lipinski definition) is 7. The van der Waals surface area contributed by atoms with Gasteiger partial charge in [-0.1, -0.05) is 96.8 Å². The molecule has 1 unspecified atom stereocenters. The Labute approximate surface area is 207 Å². The zero-order chi connectivity index (χ0) is 25.9. The fraction of sp³-hybridized carbons (Fsp3) is 0.923. The summed E-state index contributed by atoms with van der Waals surface area (Å²) in [7, 11) is 0. The molecule has 1 heterocycles. The molecule has 0 aromatic rings. The molecule has 4 N–H and O–H groups in total. The van der Waals surface area contributed by atoms with Gasteiger partial charge in [0.15, 0.2) is 6.29 Å². The molecule has 1 amide bonds. The number of carbonyl (C=O) groups is 2. The molecule has 5 atom stereocenters. The van der Waals surface area contributed by atoms with Gasteiger partial charge in [-0.15, -0.1) is 0 Å². The Kier molecular flexibility index (Phi) is 16.2. The Morgan fingerprint density at radius 3 is 1.82 bits per heavy atom. The molecular formula is C26H49NO7. The van der Waals surface area contributed by atoms with Crippen LogP contribution in [0.4, 0.5) is 0 Å². The molecule has 0 bridgehead atoms. The lowest BCUT2D eigenvalue weighted by Gasteiger charge is -2.40. The fourth-order valence-electron chi connectivity index (χ4n) is 4.29. The lowest BCUT2D eigenvalue weighted by Crippen LogP contribution is -2.64. The number of amides is 1. The zero-order valence-corrected chi connectivity index (χ0v) is 21.1. The molecule has 1 fully saturated rings. The molecule has 0 spiro atoms. The first kappa shape index (κ1) is 29.0. The van der Waals surface area contributed by atoms with Crippen LogP contribution in [0.15, 0.2) is 0 Å². The second kappa shape index (κ2) is 19.0. The van der Waals surface area contributed by atoms with Gasteiger partial charge in [-0.3, -0.25) is 9.59 Å². The highest BCUT2D eigenvalue weighted by molar-refractivity contribution is 5.73. The summed E-state index contributed by atoms with van der Waals surface area (Å²) in [6, 6.07) is -1.14. The van der Waals surface area contributed by atoms with E-state index in [1.54, 1.807) is 0 Å². The monoisotopic (exact) mass is 488 g/mol. The van der Waals surface area contributed by atoms with Gasteiger partial charge in [0, 0.05) is 14.7 Å². The van der Waals surface area contributed by atoms with Crippen molar-refractivity contribution < 1.29 is 35.8 Å². The summed E-state index contributed by atoms with van der Waals surface area (Å²) in [6.45, 7) is 1.53. The highest BCUT2D eigenvalue weighted by Crippen LogP contribution is 2.21. The van der Waals surface area contributed by atoms with Crippen LogP contribution in [0.3, 0.4) is 0 Å². The molecule has 0 radical (unpaired) electrons. The minimum absolute atomic E-state index is 0.271. The van der Waals surface area contributed by atoms with Crippen LogP contribution in [-0.4, -0.2) is 64.4 Å². The van der Waals surface area contributed by atoms with E-state index in [4.69, 9.17) is 10.8 Å². The third-order valence-electron chi connectivity index (χ3n) is 6.38. The molecular weight excluding hydrogens is 438 g/mol. The second-order valence-corrected chi connectivity index (χ2v) is 9.51. The molecule has 34 heavy (non-hydrogen) atoms. The number of ether oxygens (including phenoxy) is 2. The molecule has 1 aliphatic rings. The number of rotatable bonds is 19. The Morgan fingerprint density at radius 1 is 0.824 bits per heavy atom. The average molecular weight is 489 g/mol. The number of nitrogens with one attached hydrogen (secondary N) is 1. The van der Waals surface area contributed by atoms with Gasteiger partial charge in [0.2, 0.25) is 5.91 Å². The van der Waals surface area contributed by atoms with Gasteiger partial charge in [0.05, 0.1) is 0 Å². The smallest absolute Gasteiger partial charge is 0.305 e. The van der Waals surface area contributed by atoms with Crippen LogP contribution in [0.25, 0.3) is 0 Å². The quantitative estimate of drug-likeness (QED) is 0.161. The number of aliphatic hydroxyl groups excluding tert-OH is 3. The van der Waals surface area contributed by atoms with Crippen molar-refractivity contribution in [2.45, 2.75) is 147 Å². The fourth-order valence-corrected chi connectivity index (χ4v) is 4.29. The summed E-state index contributed by atoms with van der Waals surface area (Å²) in [4.78, 5) is 23.1. The molecule has 0 saturated carbocycles. The Bertz CT molecular complexity index is 566. The molecule has 1 aliphatic heterocycles. The first-order valence-electron chi connectivity index (χ1n) is 14.0. The van der Waals surface area contributed by atoms with E-state index in [1.807, 2.05) is 0 Å². The highest BCUT2D eigenvalue weighted by atomic mass is 16.6. The van der Waals surface area contributed by atoms with Crippen molar-refractivity contribution in [1.82, 2.24) is 5.32 Å². The van der Waals surface area contributed by atoms with Gasteiger partial charge >= 0.3 is 5.97 Å². The molecule has 200 valence electrons. The Hall–Kier alpha value is -1.22. The van der Waals surface area contributed by atoms with E-state index >= 15 is 0 Å². The predicted molar refractivity (Wildman–Crippen MR) is 131 cm³/mol. The summed E-state index contributed by atoms with van der Waals surface area (Å²) in [6.07, 6.45) is 12.9. The summed E-state index contributed by atoms with van der Waals surface area (Å²) < 4.78 is 17.5. The molecule has 8 heteroatoms. The number of unbranched alkanes of at least 4 members (excludes halogenated alkanes) is 14. The summed E-state index contributed by atoms with van der Waals surface area (Å²) in [5.41, 5.74) is 0. The van der Waals surface area contributed by atoms with Crippen molar-refractivity contribution in [3.63, 3.8) is 0 Å². The van der Waals surface area contributed by atoms with Gasteiger partial charge in [-0.05, 0) is 6.42 Å². The number of carbonyl (C=O) groups excluding carboxylic acids is 2. The Morgan fingerprint density at radius 2 is 1.32 bits per heavy atom. The van der Waals surface area contributed by atoms with E-state index < -0.39 is 42.5 Å².